The van der Waals surface area contributed by atoms with Gasteiger partial charge in [-0.05, 0) is 38.5 Å². The average Bonchev–Trinajstić information content (AvgIpc) is 3.30. The molecular weight excluding hydrogens is 467 g/mol. The van der Waals surface area contributed by atoms with Crippen molar-refractivity contribution in [1.82, 2.24) is 15.6 Å². The van der Waals surface area contributed by atoms with E-state index in [1.807, 2.05) is 44.2 Å². The van der Waals surface area contributed by atoms with Crippen molar-refractivity contribution in [3.63, 3.8) is 0 Å². The lowest BCUT2D eigenvalue weighted by Gasteiger charge is -2.18. The second-order valence-corrected chi connectivity index (χ2v) is 6.45. The van der Waals surface area contributed by atoms with E-state index in [-0.39, 0.29) is 30.0 Å². The van der Waals surface area contributed by atoms with E-state index in [9.17, 15) is 0 Å². The van der Waals surface area contributed by atoms with Gasteiger partial charge in [-0.15, -0.1) is 24.0 Å². The molecule has 0 saturated carbocycles. The Bertz CT molecular complexity index is 840. The highest BCUT2D eigenvalue weighted by atomic mass is 127. The van der Waals surface area contributed by atoms with Crippen LogP contribution in [-0.2, 0) is 13.0 Å². The lowest BCUT2D eigenvalue weighted by atomic mass is 10.1. The van der Waals surface area contributed by atoms with Crippen LogP contribution in [0.4, 0.5) is 0 Å². The molecule has 1 aromatic carbocycles. The molecule has 3 rings (SSSR count). The van der Waals surface area contributed by atoms with E-state index in [4.69, 9.17) is 8.83 Å². The molecule has 0 fully saturated rings. The molecule has 0 radical (unpaired) electrons. The van der Waals surface area contributed by atoms with Crippen LogP contribution in [0.15, 0.2) is 62.6 Å². The fraction of sp³-hybridized carbons (Fsp3) is 0.333. The topological polar surface area (TPSA) is 75.6 Å². The number of nitrogens with zero attached hydrogens (tertiary/aromatic N) is 2. The van der Waals surface area contributed by atoms with Gasteiger partial charge in [0.2, 0.25) is 5.89 Å². The molecule has 1 atom stereocenters. The number of aryl methyl sites for hydroxylation is 2. The fourth-order valence-corrected chi connectivity index (χ4v) is 2.70. The SMILES string of the molecule is Cc1nc(CN=C(NCCc2ccco2)NC(C)c2ccccc2)oc1C.I. The molecule has 6 nitrogen and oxygen atoms in total. The maximum absolute atomic E-state index is 5.63. The smallest absolute Gasteiger partial charge is 0.216 e. The van der Waals surface area contributed by atoms with Gasteiger partial charge in [0.1, 0.15) is 18.1 Å². The summed E-state index contributed by atoms with van der Waals surface area (Å²) >= 11 is 0. The summed E-state index contributed by atoms with van der Waals surface area (Å²) in [6.07, 6.45) is 2.47. The second-order valence-electron chi connectivity index (χ2n) is 6.45. The molecule has 2 heterocycles. The number of oxazole rings is 1. The van der Waals surface area contributed by atoms with Crippen molar-refractivity contribution in [2.24, 2.45) is 4.99 Å². The molecule has 1 unspecified atom stereocenters. The van der Waals surface area contributed by atoms with Crippen molar-refractivity contribution in [1.29, 1.82) is 0 Å². The minimum atomic E-state index is 0. The largest absolute Gasteiger partial charge is 0.469 e. The van der Waals surface area contributed by atoms with E-state index in [1.54, 1.807) is 6.26 Å². The van der Waals surface area contributed by atoms with Gasteiger partial charge in [-0.3, -0.25) is 0 Å². The number of furan rings is 1. The van der Waals surface area contributed by atoms with E-state index in [0.717, 1.165) is 23.6 Å². The first-order chi connectivity index (χ1) is 13.1. The summed E-state index contributed by atoms with van der Waals surface area (Å²) in [4.78, 5) is 9.04. The van der Waals surface area contributed by atoms with Crippen LogP contribution in [0.1, 0.15) is 41.6 Å². The van der Waals surface area contributed by atoms with Crippen molar-refractivity contribution < 1.29 is 8.83 Å². The highest BCUT2D eigenvalue weighted by molar-refractivity contribution is 14.0. The summed E-state index contributed by atoms with van der Waals surface area (Å²) < 4.78 is 11.0. The quantitative estimate of drug-likeness (QED) is 0.287. The van der Waals surface area contributed by atoms with Gasteiger partial charge in [0.05, 0.1) is 18.0 Å². The maximum Gasteiger partial charge on any atom is 0.216 e. The van der Waals surface area contributed by atoms with E-state index < -0.39 is 0 Å². The Kier molecular flexibility index (Phi) is 8.56. The van der Waals surface area contributed by atoms with Crippen LogP contribution in [-0.4, -0.2) is 17.5 Å². The highest BCUT2D eigenvalue weighted by Gasteiger charge is 2.10. The predicted octanol–water partition coefficient (Wildman–Crippen LogP) is 4.54. The van der Waals surface area contributed by atoms with Crippen molar-refractivity contribution >= 4 is 29.9 Å². The molecule has 0 bridgehead atoms. The normalized spacial score (nSPS) is 12.3. The van der Waals surface area contributed by atoms with E-state index >= 15 is 0 Å². The van der Waals surface area contributed by atoms with Crippen molar-refractivity contribution in [3.8, 4) is 0 Å². The third kappa shape index (κ3) is 6.40. The summed E-state index contributed by atoms with van der Waals surface area (Å²) in [7, 11) is 0. The number of benzene rings is 1. The van der Waals surface area contributed by atoms with E-state index in [2.05, 4.69) is 39.7 Å². The fourth-order valence-electron chi connectivity index (χ4n) is 2.70. The summed E-state index contributed by atoms with van der Waals surface area (Å²) in [6, 6.07) is 14.3. The van der Waals surface area contributed by atoms with Crippen LogP contribution in [0.25, 0.3) is 0 Å². The molecule has 2 N–H and O–H groups in total. The van der Waals surface area contributed by atoms with Gasteiger partial charge in [0.15, 0.2) is 5.96 Å². The van der Waals surface area contributed by atoms with E-state index in [0.29, 0.717) is 24.9 Å². The lowest BCUT2D eigenvalue weighted by molar-refractivity contribution is 0.472. The second kappa shape index (κ2) is 10.9. The Morgan fingerprint density at radius 2 is 1.93 bits per heavy atom. The molecule has 0 aliphatic rings. The lowest BCUT2D eigenvalue weighted by Crippen LogP contribution is -2.39. The van der Waals surface area contributed by atoms with Crippen molar-refractivity contribution in [2.75, 3.05) is 6.54 Å². The van der Waals surface area contributed by atoms with Crippen LogP contribution >= 0.6 is 24.0 Å². The highest BCUT2D eigenvalue weighted by Crippen LogP contribution is 2.12. The summed E-state index contributed by atoms with van der Waals surface area (Å²) in [5.74, 6) is 3.10. The van der Waals surface area contributed by atoms with Gasteiger partial charge in [-0.2, -0.15) is 0 Å². The first-order valence-electron chi connectivity index (χ1n) is 9.17. The molecule has 150 valence electrons. The zero-order valence-corrected chi connectivity index (χ0v) is 18.8. The molecule has 28 heavy (non-hydrogen) atoms. The van der Waals surface area contributed by atoms with Crippen LogP contribution in [0, 0.1) is 13.8 Å². The zero-order valence-electron chi connectivity index (χ0n) is 16.4. The Morgan fingerprint density at radius 3 is 2.57 bits per heavy atom. The average molecular weight is 494 g/mol. The number of hydrogen-bond donors (Lipinski definition) is 2. The first-order valence-corrected chi connectivity index (χ1v) is 9.17. The van der Waals surface area contributed by atoms with Crippen LogP contribution < -0.4 is 10.6 Å². The molecule has 0 aliphatic heterocycles. The number of rotatable bonds is 7. The Morgan fingerprint density at radius 1 is 1.14 bits per heavy atom. The number of nitrogens with one attached hydrogen (secondary N) is 2. The molecule has 0 saturated heterocycles. The van der Waals surface area contributed by atoms with Gasteiger partial charge in [0.25, 0.3) is 0 Å². The number of hydrogen-bond acceptors (Lipinski definition) is 4. The Balaban J connectivity index is 0.00000280. The molecular formula is C21H27IN4O2. The Hall–Kier alpha value is -2.29. The summed E-state index contributed by atoms with van der Waals surface area (Å²) in [5, 5.41) is 6.80. The van der Waals surface area contributed by atoms with Gasteiger partial charge in [-0.25, -0.2) is 9.98 Å². The molecule has 7 heteroatoms. The summed E-state index contributed by atoms with van der Waals surface area (Å²) in [5.41, 5.74) is 2.10. The predicted molar refractivity (Wildman–Crippen MR) is 121 cm³/mol. The molecule has 0 spiro atoms. The summed E-state index contributed by atoms with van der Waals surface area (Å²) in [6.45, 7) is 7.05. The van der Waals surface area contributed by atoms with Gasteiger partial charge in [-0.1, -0.05) is 30.3 Å². The number of aliphatic imine (C=N–C) groups is 1. The van der Waals surface area contributed by atoms with Gasteiger partial charge < -0.3 is 19.5 Å². The van der Waals surface area contributed by atoms with Crippen molar-refractivity contribution in [2.45, 2.75) is 39.8 Å². The number of guanidine groups is 1. The van der Waals surface area contributed by atoms with Crippen molar-refractivity contribution in [3.05, 3.63) is 77.4 Å². The zero-order chi connectivity index (χ0) is 19.1. The Labute approximate surface area is 182 Å². The molecule has 3 aromatic rings. The standard InChI is InChI=1S/C21H26N4O2.HI/c1-15-17(3)27-20(24-15)14-23-21(22-12-11-19-10-7-13-26-19)25-16(2)18-8-5-4-6-9-18;/h4-10,13,16H,11-12,14H2,1-3H3,(H2,22,23,25);1H. The number of aromatic nitrogens is 1. The van der Waals surface area contributed by atoms with Crippen LogP contribution in [0.3, 0.4) is 0 Å². The van der Waals surface area contributed by atoms with E-state index in [1.165, 1.54) is 5.56 Å². The van der Waals surface area contributed by atoms with Crippen LogP contribution in [0.5, 0.6) is 0 Å². The van der Waals surface area contributed by atoms with Gasteiger partial charge in [0, 0.05) is 13.0 Å². The third-order valence-electron chi connectivity index (χ3n) is 4.34. The van der Waals surface area contributed by atoms with Gasteiger partial charge >= 0.3 is 0 Å². The maximum atomic E-state index is 5.63. The minimum Gasteiger partial charge on any atom is -0.469 e. The monoisotopic (exact) mass is 494 g/mol. The third-order valence-corrected chi connectivity index (χ3v) is 4.34. The molecule has 0 amide bonds. The minimum absolute atomic E-state index is 0. The molecule has 0 aliphatic carbocycles. The number of halogens is 1. The van der Waals surface area contributed by atoms with Crippen LogP contribution in [0.2, 0.25) is 0 Å². The first kappa shape index (κ1) is 22.0. The molecule has 2 aromatic heterocycles.